The molecule has 0 bridgehead atoms. The normalized spacial score (nSPS) is 16.1. The Morgan fingerprint density at radius 2 is 1.70 bits per heavy atom. The van der Waals surface area contributed by atoms with Gasteiger partial charge >= 0.3 is 0 Å². The highest BCUT2D eigenvalue weighted by Crippen LogP contribution is 2.39. The smallest absolute Gasteiger partial charge is 0.277 e. The molecule has 2 aromatic heterocycles. The average Bonchev–Trinajstić information content (AvgIpc) is 3.08. The number of aryl methyl sites for hydroxylation is 3. The van der Waals surface area contributed by atoms with Crippen LogP contribution in [0.5, 0.6) is 0 Å². The number of amides is 1. The minimum absolute atomic E-state index is 0.136. The lowest BCUT2D eigenvalue weighted by Gasteiger charge is -2.26. The number of H-pyrrole nitrogens is 1. The molecule has 0 aliphatic carbocycles. The maximum atomic E-state index is 13.1. The molecule has 1 aromatic carbocycles. The summed E-state index contributed by atoms with van der Waals surface area (Å²) in [6, 6.07) is 8.10. The fraction of sp³-hybridized carbons (Fsp3) is 0.211. The van der Waals surface area contributed by atoms with E-state index < -0.39 is 6.04 Å². The zero-order valence-electron chi connectivity index (χ0n) is 15.0. The first-order valence-corrected chi connectivity index (χ1v) is 8.72. The van der Waals surface area contributed by atoms with Gasteiger partial charge < -0.3 is 4.57 Å². The first-order valence-electron chi connectivity index (χ1n) is 8.34. The van der Waals surface area contributed by atoms with Crippen molar-refractivity contribution in [2.24, 2.45) is 14.1 Å². The van der Waals surface area contributed by atoms with Crippen molar-refractivity contribution >= 4 is 23.2 Å². The van der Waals surface area contributed by atoms with Crippen molar-refractivity contribution < 1.29 is 4.79 Å². The Bertz CT molecular complexity index is 1160. The molecule has 138 valence electrons. The number of aromatic nitrogens is 3. The number of nitrogens with zero attached hydrogens (tertiary/aromatic N) is 3. The third-order valence-corrected chi connectivity index (χ3v) is 5.11. The fourth-order valence-electron chi connectivity index (χ4n) is 3.56. The van der Waals surface area contributed by atoms with E-state index in [1.807, 2.05) is 0 Å². The molecular weight excluding hydrogens is 368 g/mol. The van der Waals surface area contributed by atoms with Crippen LogP contribution >= 0.6 is 11.6 Å². The lowest BCUT2D eigenvalue weighted by atomic mass is 10.0. The molecule has 27 heavy (non-hydrogen) atoms. The highest BCUT2D eigenvalue weighted by atomic mass is 35.5. The Balaban J connectivity index is 1.97. The van der Waals surface area contributed by atoms with Crippen LogP contribution in [0.1, 0.15) is 33.2 Å². The van der Waals surface area contributed by atoms with E-state index in [1.54, 1.807) is 57.5 Å². The highest BCUT2D eigenvalue weighted by molar-refractivity contribution is 6.30. The second kappa shape index (κ2) is 5.99. The largest absolute Gasteiger partial charge is 0.316 e. The van der Waals surface area contributed by atoms with Crippen LogP contribution in [0.2, 0.25) is 5.02 Å². The van der Waals surface area contributed by atoms with Crippen LogP contribution in [-0.2, 0) is 14.1 Å². The monoisotopic (exact) mass is 384 g/mol. The van der Waals surface area contributed by atoms with Crippen LogP contribution in [0.3, 0.4) is 0 Å². The van der Waals surface area contributed by atoms with Crippen molar-refractivity contribution in [3.8, 4) is 0 Å². The maximum absolute atomic E-state index is 13.1. The lowest BCUT2D eigenvalue weighted by Crippen LogP contribution is -2.33. The quantitative estimate of drug-likeness (QED) is 0.735. The molecular formula is C19H17ClN4O3. The number of aromatic amines is 1. The number of pyridine rings is 1. The summed E-state index contributed by atoms with van der Waals surface area (Å²) in [4.78, 5) is 39.4. The van der Waals surface area contributed by atoms with Gasteiger partial charge in [0, 0.05) is 30.9 Å². The summed E-state index contributed by atoms with van der Waals surface area (Å²) in [5.74, 6) is -0.319. The van der Waals surface area contributed by atoms with Gasteiger partial charge in [0.2, 0.25) is 0 Å². The van der Waals surface area contributed by atoms with Crippen LogP contribution in [-0.4, -0.2) is 20.3 Å². The molecule has 0 spiro atoms. The van der Waals surface area contributed by atoms with Crippen molar-refractivity contribution in [1.29, 1.82) is 0 Å². The average molecular weight is 385 g/mol. The number of hydrogen-bond acceptors (Lipinski definition) is 3. The summed E-state index contributed by atoms with van der Waals surface area (Å²) in [6.45, 7) is 1.70. The van der Waals surface area contributed by atoms with E-state index >= 15 is 0 Å². The van der Waals surface area contributed by atoms with Gasteiger partial charge in [-0.2, -0.15) is 0 Å². The Morgan fingerprint density at radius 1 is 1.04 bits per heavy atom. The molecule has 3 aromatic rings. The van der Waals surface area contributed by atoms with Gasteiger partial charge in [0.25, 0.3) is 17.0 Å². The molecule has 1 aliphatic heterocycles. The van der Waals surface area contributed by atoms with Crippen LogP contribution in [0, 0.1) is 6.92 Å². The number of fused-ring (bicyclic) bond motifs is 1. The zero-order chi connectivity index (χ0) is 19.5. The molecule has 4 rings (SSSR count). The number of rotatable bonds is 2. The summed E-state index contributed by atoms with van der Waals surface area (Å²) in [7, 11) is 3.21. The van der Waals surface area contributed by atoms with E-state index in [0.717, 1.165) is 5.56 Å². The van der Waals surface area contributed by atoms with Gasteiger partial charge in [-0.1, -0.05) is 23.7 Å². The molecule has 8 heteroatoms. The molecule has 0 saturated carbocycles. The number of nitrogens with one attached hydrogen (secondary N) is 1. The highest BCUT2D eigenvalue weighted by Gasteiger charge is 2.43. The first kappa shape index (κ1) is 17.4. The Labute approximate surface area is 159 Å². The van der Waals surface area contributed by atoms with E-state index in [9.17, 15) is 14.4 Å². The van der Waals surface area contributed by atoms with Crippen molar-refractivity contribution in [3.05, 3.63) is 84.6 Å². The number of anilines is 1. The van der Waals surface area contributed by atoms with E-state index in [2.05, 4.69) is 5.10 Å². The van der Waals surface area contributed by atoms with E-state index in [0.29, 0.717) is 21.8 Å². The third kappa shape index (κ3) is 2.54. The number of benzene rings is 1. The van der Waals surface area contributed by atoms with Gasteiger partial charge in [0.05, 0.1) is 17.3 Å². The van der Waals surface area contributed by atoms with Crippen molar-refractivity contribution in [2.75, 3.05) is 4.90 Å². The Kier molecular flexibility index (Phi) is 3.85. The zero-order valence-corrected chi connectivity index (χ0v) is 15.7. The van der Waals surface area contributed by atoms with Crippen LogP contribution in [0.25, 0.3) is 0 Å². The fourth-order valence-corrected chi connectivity index (χ4v) is 3.69. The first-order chi connectivity index (χ1) is 12.8. The minimum atomic E-state index is -0.605. The topological polar surface area (TPSA) is 80.1 Å². The Morgan fingerprint density at radius 3 is 2.33 bits per heavy atom. The van der Waals surface area contributed by atoms with Gasteiger partial charge in [-0.3, -0.25) is 29.1 Å². The van der Waals surface area contributed by atoms with Gasteiger partial charge in [-0.25, -0.2) is 0 Å². The summed E-state index contributed by atoms with van der Waals surface area (Å²) < 4.78 is 2.73. The second-order valence-corrected chi connectivity index (χ2v) is 7.13. The number of carbonyl (C=O) groups excluding carboxylic acids is 1. The van der Waals surface area contributed by atoms with Crippen LogP contribution in [0.4, 0.5) is 5.69 Å². The molecule has 1 N–H and O–H groups in total. The molecule has 1 atom stereocenters. The molecule has 0 fully saturated rings. The molecule has 1 aliphatic rings. The third-order valence-electron chi connectivity index (χ3n) is 4.86. The predicted octanol–water partition coefficient (Wildman–Crippen LogP) is 2.12. The lowest BCUT2D eigenvalue weighted by molar-refractivity contribution is 0.0987. The molecule has 3 heterocycles. The molecule has 1 unspecified atom stereocenters. The predicted molar refractivity (Wildman–Crippen MR) is 103 cm³/mol. The van der Waals surface area contributed by atoms with Gasteiger partial charge in [-0.05, 0) is 30.7 Å². The van der Waals surface area contributed by atoms with Crippen molar-refractivity contribution in [2.45, 2.75) is 13.0 Å². The molecule has 0 radical (unpaired) electrons. The summed E-state index contributed by atoms with van der Waals surface area (Å²) >= 11 is 6.00. The van der Waals surface area contributed by atoms with E-state index in [-0.39, 0.29) is 22.7 Å². The summed E-state index contributed by atoms with van der Waals surface area (Å²) in [5, 5.41) is 3.41. The molecule has 0 saturated heterocycles. The molecule has 1 amide bonds. The van der Waals surface area contributed by atoms with Gasteiger partial charge in [-0.15, -0.1) is 0 Å². The van der Waals surface area contributed by atoms with Crippen LogP contribution in [0.15, 0.2) is 46.1 Å². The molecule has 7 nitrogen and oxygen atoms in total. The van der Waals surface area contributed by atoms with Crippen molar-refractivity contribution in [1.82, 2.24) is 14.3 Å². The van der Waals surface area contributed by atoms with Gasteiger partial charge in [0.1, 0.15) is 5.69 Å². The summed E-state index contributed by atoms with van der Waals surface area (Å²) in [5.41, 5.74) is 2.07. The van der Waals surface area contributed by atoms with Crippen LogP contribution < -0.4 is 16.0 Å². The second-order valence-electron chi connectivity index (χ2n) is 6.69. The number of carbonyl (C=O) groups is 1. The number of halogens is 1. The standard InChI is InChI=1S/C19H17ClN4O3/c1-10-8-13(9-22(2)17(10)25)24-16(11-4-6-12(20)7-5-11)14-15(19(24)27)21-23(3)18(14)26/h4-9,16,21H,1-3H3. The van der Waals surface area contributed by atoms with Gasteiger partial charge in [0.15, 0.2) is 0 Å². The van der Waals surface area contributed by atoms with E-state index in [4.69, 9.17) is 11.6 Å². The maximum Gasteiger partial charge on any atom is 0.277 e. The van der Waals surface area contributed by atoms with E-state index in [1.165, 1.54) is 14.1 Å². The SMILES string of the molecule is Cc1cc(N2C(=O)c3[nH]n(C)c(=O)c3C2c2ccc(Cl)cc2)cn(C)c1=O. The summed E-state index contributed by atoms with van der Waals surface area (Å²) in [6.07, 6.45) is 1.60. The number of hydrogen-bond donors (Lipinski definition) is 1. The minimum Gasteiger partial charge on any atom is -0.316 e. The van der Waals surface area contributed by atoms with Crippen molar-refractivity contribution in [3.63, 3.8) is 0 Å². The Hall–Kier alpha value is -3.06.